The Kier molecular flexibility index (Phi) is 3.10. The van der Waals surface area contributed by atoms with Gasteiger partial charge in [0, 0.05) is 18.7 Å². The van der Waals surface area contributed by atoms with Crippen LogP contribution in [-0.4, -0.2) is 26.2 Å². The van der Waals surface area contributed by atoms with Gasteiger partial charge in [0.2, 0.25) is 5.89 Å². The lowest BCUT2D eigenvalue weighted by molar-refractivity contribution is 0.373. The number of imidazole rings is 1. The average Bonchev–Trinajstić information content (AvgIpc) is 2.96. The van der Waals surface area contributed by atoms with Gasteiger partial charge >= 0.3 is 0 Å². The standard InChI is InChI=1S/C12H17N5O/c1-2-13-5-10-6-17(8-14-10)7-11-15-12(18-16-11)9-3-4-9/h6,8-9,13H,2-5,7H2,1H3. The topological polar surface area (TPSA) is 68.8 Å². The Labute approximate surface area is 105 Å². The number of hydrogen-bond donors (Lipinski definition) is 1. The molecule has 1 fully saturated rings. The fourth-order valence-electron chi connectivity index (χ4n) is 1.83. The Bertz CT molecular complexity index is 514. The molecule has 1 aliphatic rings. The monoisotopic (exact) mass is 247 g/mol. The molecule has 1 saturated carbocycles. The highest BCUT2D eigenvalue weighted by molar-refractivity contribution is 5.03. The molecule has 3 rings (SSSR count). The van der Waals surface area contributed by atoms with Crippen LogP contribution in [0, 0.1) is 0 Å². The third-order valence-corrected chi connectivity index (χ3v) is 2.98. The van der Waals surface area contributed by atoms with Gasteiger partial charge in [-0.2, -0.15) is 4.98 Å². The van der Waals surface area contributed by atoms with Crippen molar-refractivity contribution in [2.75, 3.05) is 6.54 Å². The van der Waals surface area contributed by atoms with Crippen molar-refractivity contribution < 1.29 is 4.52 Å². The summed E-state index contributed by atoms with van der Waals surface area (Å²) in [5, 5.41) is 7.24. The number of aromatic nitrogens is 4. The van der Waals surface area contributed by atoms with Crippen molar-refractivity contribution in [2.45, 2.75) is 38.8 Å². The summed E-state index contributed by atoms with van der Waals surface area (Å²) in [5.41, 5.74) is 1.03. The lowest BCUT2D eigenvalue weighted by atomic mass is 10.4. The molecule has 0 unspecified atom stereocenters. The second kappa shape index (κ2) is 4.89. The maximum Gasteiger partial charge on any atom is 0.229 e. The zero-order chi connectivity index (χ0) is 12.4. The molecule has 6 nitrogen and oxygen atoms in total. The molecule has 1 aliphatic carbocycles. The highest BCUT2D eigenvalue weighted by atomic mass is 16.5. The molecule has 0 aromatic carbocycles. The maximum atomic E-state index is 5.23. The Morgan fingerprint density at radius 2 is 2.39 bits per heavy atom. The van der Waals surface area contributed by atoms with Crippen LogP contribution in [-0.2, 0) is 13.1 Å². The smallest absolute Gasteiger partial charge is 0.229 e. The summed E-state index contributed by atoms with van der Waals surface area (Å²) in [4.78, 5) is 8.72. The van der Waals surface area contributed by atoms with Crippen molar-refractivity contribution in [3.8, 4) is 0 Å². The first-order chi connectivity index (χ1) is 8.85. The zero-order valence-electron chi connectivity index (χ0n) is 10.5. The molecule has 0 radical (unpaired) electrons. The summed E-state index contributed by atoms with van der Waals surface area (Å²) in [5.74, 6) is 2.03. The fourth-order valence-corrected chi connectivity index (χ4v) is 1.83. The van der Waals surface area contributed by atoms with E-state index in [1.807, 2.05) is 10.8 Å². The normalized spacial score (nSPS) is 15.2. The van der Waals surface area contributed by atoms with Crippen LogP contribution in [0.2, 0.25) is 0 Å². The van der Waals surface area contributed by atoms with Gasteiger partial charge in [0.05, 0.1) is 18.6 Å². The van der Waals surface area contributed by atoms with Gasteiger partial charge in [-0.05, 0) is 19.4 Å². The van der Waals surface area contributed by atoms with Crippen molar-refractivity contribution in [1.29, 1.82) is 0 Å². The number of nitrogens with one attached hydrogen (secondary N) is 1. The van der Waals surface area contributed by atoms with E-state index in [1.165, 1.54) is 12.8 Å². The first-order valence-electron chi connectivity index (χ1n) is 6.39. The van der Waals surface area contributed by atoms with Crippen molar-refractivity contribution in [3.05, 3.63) is 29.9 Å². The molecule has 18 heavy (non-hydrogen) atoms. The van der Waals surface area contributed by atoms with Crippen LogP contribution in [0.5, 0.6) is 0 Å². The Morgan fingerprint density at radius 1 is 1.50 bits per heavy atom. The minimum Gasteiger partial charge on any atom is -0.339 e. The van der Waals surface area contributed by atoms with Crippen LogP contribution in [0.3, 0.4) is 0 Å². The summed E-state index contributed by atoms with van der Waals surface area (Å²) >= 11 is 0. The van der Waals surface area contributed by atoms with Crippen molar-refractivity contribution >= 4 is 0 Å². The number of hydrogen-bond acceptors (Lipinski definition) is 5. The van der Waals surface area contributed by atoms with E-state index in [1.54, 1.807) is 6.33 Å². The van der Waals surface area contributed by atoms with E-state index in [-0.39, 0.29) is 0 Å². The maximum absolute atomic E-state index is 5.23. The van der Waals surface area contributed by atoms with Gasteiger partial charge in [-0.1, -0.05) is 12.1 Å². The average molecular weight is 247 g/mol. The van der Waals surface area contributed by atoms with E-state index in [9.17, 15) is 0 Å². The molecular weight excluding hydrogens is 230 g/mol. The van der Waals surface area contributed by atoms with Gasteiger partial charge in [0.25, 0.3) is 0 Å². The van der Waals surface area contributed by atoms with Crippen molar-refractivity contribution in [3.63, 3.8) is 0 Å². The molecule has 0 bridgehead atoms. The van der Waals surface area contributed by atoms with Gasteiger partial charge in [-0.15, -0.1) is 0 Å². The predicted molar refractivity (Wildman–Crippen MR) is 65.0 cm³/mol. The van der Waals surface area contributed by atoms with E-state index in [2.05, 4.69) is 27.4 Å². The summed E-state index contributed by atoms with van der Waals surface area (Å²) in [7, 11) is 0. The van der Waals surface area contributed by atoms with Crippen LogP contribution in [0.15, 0.2) is 17.0 Å². The van der Waals surface area contributed by atoms with Crippen molar-refractivity contribution in [1.82, 2.24) is 25.0 Å². The minimum atomic E-state index is 0.512. The first-order valence-corrected chi connectivity index (χ1v) is 6.39. The molecule has 2 aromatic rings. The largest absolute Gasteiger partial charge is 0.339 e. The summed E-state index contributed by atoms with van der Waals surface area (Å²) < 4.78 is 7.21. The van der Waals surface area contributed by atoms with Gasteiger partial charge in [0.15, 0.2) is 5.82 Å². The first kappa shape index (κ1) is 11.4. The van der Waals surface area contributed by atoms with E-state index < -0.39 is 0 Å². The molecule has 0 aliphatic heterocycles. The molecule has 2 aromatic heterocycles. The number of nitrogens with zero attached hydrogens (tertiary/aromatic N) is 4. The van der Waals surface area contributed by atoms with E-state index >= 15 is 0 Å². The van der Waals surface area contributed by atoms with Gasteiger partial charge in [0.1, 0.15) is 0 Å². The van der Waals surface area contributed by atoms with Crippen LogP contribution in [0.4, 0.5) is 0 Å². The Hall–Kier alpha value is -1.69. The molecule has 0 saturated heterocycles. The van der Waals surface area contributed by atoms with E-state index in [4.69, 9.17) is 4.52 Å². The highest BCUT2D eigenvalue weighted by Crippen LogP contribution is 2.38. The molecule has 2 heterocycles. The second-order valence-electron chi connectivity index (χ2n) is 4.64. The molecule has 0 spiro atoms. The van der Waals surface area contributed by atoms with E-state index in [0.717, 1.165) is 30.5 Å². The molecule has 0 atom stereocenters. The molecule has 0 amide bonds. The van der Waals surface area contributed by atoms with E-state index in [0.29, 0.717) is 12.5 Å². The third-order valence-electron chi connectivity index (χ3n) is 2.98. The molecule has 1 N–H and O–H groups in total. The lowest BCUT2D eigenvalue weighted by Crippen LogP contribution is -2.11. The Balaban J connectivity index is 1.62. The molecule has 6 heteroatoms. The summed E-state index contributed by atoms with van der Waals surface area (Å²) in [6, 6.07) is 0. The summed E-state index contributed by atoms with van der Waals surface area (Å²) in [6.45, 7) is 4.44. The second-order valence-corrected chi connectivity index (χ2v) is 4.64. The lowest BCUT2D eigenvalue weighted by Gasteiger charge is -1.96. The highest BCUT2D eigenvalue weighted by Gasteiger charge is 2.29. The predicted octanol–water partition coefficient (Wildman–Crippen LogP) is 1.30. The molecular formula is C12H17N5O. The fraction of sp³-hybridized carbons (Fsp3) is 0.583. The Morgan fingerprint density at radius 3 is 3.17 bits per heavy atom. The zero-order valence-corrected chi connectivity index (χ0v) is 10.5. The number of rotatable bonds is 6. The van der Waals surface area contributed by atoms with Gasteiger partial charge in [-0.25, -0.2) is 4.98 Å². The van der Waals surface area contributed by atoms with Crippen molar-refractivity contribution in [2.24, 2.45) is 0 Å². The minimum absolute atomic E-state index is 0.512. The third kappa shape index (κ3) is 2.59. The van der Waals surface area contributed by atoms with Crippen LogP contribution in [0.25, 0.3) is 0 Å². The SMILES string of the molecule is CCNCc1cn(Cc2noc(C3CC3)n2)cn1. The quantitative estimate of drug-likeness (QED) is 0.833. The van der Waals surface area contributed by atoms with Crippen LogP contribution >= 0.6 is 0 Å². The van der Waals surface area contributed by atoms with Crippen LogP contribution < -0.4 is 5.32 Å². The van der Waals surface area contributed by atoms with Gasteiger partial charge < -0.3 is 14.4 Å². The van der Waals surface area contributed by atoms with Crippen LogP contribution in [0.1, 0.15) is 43.1 Å². The summed E-state index contributed by atoms with van der Waals surface area (Å²) in [6.07, 6.45) is 6.18. The van der Waals surface area contributed by atoms with Gasteiger partial charge in [-0.3, -0.25) is 0 Å². The molecule has 96 valence electrons.